The van der Waals surface area contributed by atoms with Crippen molar-refractivity contribution in [1.29, 1.82) is 0 Å². The molecule has 1 aliphatic rings. The molecule has 0 spiro atoms. The fraction of sp³-hybridized carbons (Fsp3) is 0.538. The van der Waals surface area contributed by atoms with Crippen molar-refractivity contribution < 1.29 is 19.3 Å². The minimum Gasteiger partial charge on any atom is -0.504 e. The van der Waals surface area contributed by atoms with E-state index in [0.717, 1.165) is 5.57 Å². The van der Waals surface area contributed by atoms with E-state index in [-0.39, 0.29) is 18.2 Å². The smallest absolute Gasteiger partial charge is 0.180 e. The van der Waals surface area contributed by atoms with Crippen LogP contribution in [-0.2, 0) is 14.2 Å². The van der Waals surface area contributed by atoms with Crippen molar-refractivity contribution in [1.82, 2.24) is 0 Å². The van der Waals surface area contributed by atoms with Crippen LogP contribution >= 0.6 is 0 Å². The highest BCUT2D eigenvalue weighted by Crippen LogP contribution is 2.20. The molecule has 0 bridgehead atoms. The SMILES string of the molecule is C=C/C(O)=C(\C=C(/C)C1OCC(C)O1)OCC. The van der Waals surface area contributed by atoms with Crippen LogP contribution in [0.5, 0.6) is 0 Å². The molecule has 1 N–H and O–H groups in total. The zero-order chi connectivity index (χ0) is 12.8. The zero-order valence-corrected chi connectivity index (χ0v) is 10.6. The maximum absolute atomic E-state index is 9.60. The van der Waals surface area contributed by atoms with E-state index in [4.69, 9.17) is 14.2 Å². The molecule has 0 aromatic carbocycles. The molecule has 0 radical (unpaired) electrons. The number of aliphatic hydroxyl groups excluding tert-OH is 1. The van der Waals surface area contributed by atoms with Gasteiger partial charge in [-0.25, -0.2) is 0 Å². The predicted molar refractivity (Wildman–Crippen MR) is 65.5 cm³/mol. The van der Waals surface area contributed by atoms with E-state index in [2.05, 4.69) is 6.58 Å². The third kappa shape index (κ3) is 3.91. The third-order valence-electron chi connectivity index (χ3n) is 2.31. The summed E-state index contributed by atoms with van der Waals surface area (Å²) in [4.78, 5) is 0. The van der Waals surface area contributed by atoms with E-state index in [1.54, 1.807) is 6.08 Å². The average Bonchev–Trinajstić information content (AvgIpc) is 2.74. The van der Waals surface area contributed by atoms with E-state index in [1.807, 2.05) is 20.8 Å². The molecule has 2 unspecified atom stereocenters. The van der Waals surface area contributed by atoms with Crippen molar-refractivity contribution in [3.05, 3.63) is 35.8 Å². The first-order valence-electron chi connectivity index (χ1n) is 5.72. The van der Waals surface area contributed by atoms with Crippen LogP contribution in [0.15, 0.2) is 35.8 Å². The summed E-state index contributed by atoms with van der Waals surface area (Å²) in [6, 6.07) is 0. The van der Waals surface area contributed by atoms with Gasteiger partial charge in [0.25, 0.3) is 0 Å². The molecule has 1 rings (SSSR count). The van der Waals surface area contributed by atoms with E-state index >= 15 is 0 Å². The zero-order valence-electron chi connectivity index (χ0n) is 10.6. The molecule has 4 nitrogen and oxygen atoms in total. The van der Waals surface area contributed by atoms with Crippen molar-refractivity contribution in [2.24, 2.45) is 0 Å². The third-order valence-corrected chi connectivity index (χ3v) is 2.31. The Labute approximate surface area is 102 Å². The van der Waals surface area contributed by atoms with E-state index in [9.17, 15) is 5.11 Å². The maximum Gasteiger partial charge on any atom is 0.180 e. The summed E-state index contributed by atoms with van der Waals surface area (Å²) in [6.45, 7) is 10.2. The molecule has 0 aromatic rings. The number of hydrogen-bond acceptors (Lipinski definition) is 4. The van der Waals surface area contributed by atoms with Crippen LogP contribution in [0.25, 0.3) is 0 Å². The summed E-state index contributed by atoms with van der Waals surface area (Å²) in [6.07, 6.45) is 2.78. The average molecular weight is 240 g/mol. The van der Waals surface area contributed by atoms with Crippen molar-refractivity contribution >= 4 is 0 Å². The van der Waals surface area contributed by atoms with Crippen molar-refractivity contribution in [3.8, 4) is 0 Å². The van der Waals surface area contributed by atoms with Gasteiger partial charge in [0.05, 0.1) is 19.3 Å². The predicted octanol–water partition coefficient (Wildman–Crippen LogP) is 2.69. The summed E-state index contributed by atoms with van der Waals surface area (Å²) >= 11 is 0. The van der Waals surface area contributed by atoms with Gasteiger partial charge in [-0.05, 0) is 38.5 Å². The van der Waals surface area contributed by atoms with Gasteiger partial charge in [0.1, 0.15) is 0 Å². The second kappa shape index (κ2) is 6.47. The molecule has 1 aliphatic heterocycles. The molecular weight excluding hydrogens is 220 g/mol. The Bertz CT molecular complexity index is 330. The normalized spacial score (nSPS) is 26.6. The van der Waals surface area contributed by atoms with E-state index in [0.29, 0.717) is 19.0 Å². The molecule has 1 saturated heterocycles. The highest BCUT2D eigenvalue weighted by molar-refractivity contribution is 5.26. The second-order valence-corrected chi connectivity index (χ2v) is 3.89. The first-order valence-corrected chi connectivity index (χ1v) is 5.72. The lowest BCUT2D eigenvalue weighted by atomic mass is 10.2. The standard InChI is InChI=1S/C13H20O4/c1-5-11(14)12(15-6-2)7-9(3)13-16-8-10(4)17-13/h5,7,10,13-14H,1,6,8H2,2-4H3/b9-7+,12-11-. The van der Waals surface area contributed by atoms with Crippen LogP contribution in [0, 0.1) is 0 Å². The van der Waals surface area contributed by atoms with Gasteiger partial charge >= 0.3 is 0 Å². The Morgan fingerprint density at radius 1 is 1.59 bits per heavy atom. The molecule has 1 heterocycles. The maximum atomic E-state index is 9.60. The van der Waals surface area contributed by atoms with Gasteiger partial charge in [-0.1, -0.05) is 6.58 Å². The minimum atomic E-state index is -0.363. The Kier molecular flexibility index (Phi) is 5.25. The van der Waals surface area contributed by atoms with Crippen LogP contribution in [0.2, 0.25) is 0 Å². The first kappa shape index (κ1) is 13.8. The van der Waals surface area contributed by atoms with Crippen LogP contribution in [0.1, 0.15) is 20.8 Å². The Hall–Kier alpha value is -1.26. The fourth-order valence-electron chi connectivity index (χ4n) is 1.47. The highest BCUT2D eigenvalue weighted by atomic mass is 16.7. The van der Waals surface area contributed by atoms with Gasteiger partial charge in [0.15, 0.2) is 17.8 Å². The number of aliphatic hydroxyl groups is 1. The summed E-state index contributed by atoms with van der Waals surface area (Å²) in [5.74, 6) is 0.393. The monoisotopic (exact) mass is 240 g/mol. The molecule has 1 fully saturated rings. The first-order chi connectivity index (χ1) is 8.08. The van der Waals surface area contributed by atoms with Crippen molar-refractivity contribution in [2.45, 2.75) is 33.2 Å². The molecule has 2 atom stereocenters. The fourth-order valence-corrected chi connectivity index (χ4v) is 1.47. The van der Waals surface area contributed by atoms with Crippen molar-refractivity contribution in [3.63, 3.8) is 0 Å². The van der Waals surface area contributed by atoms with Gasteiger partial charge in [-0.15, -0.1) is 0 Å². The highest BCUT2D eigenvalue weighted by Gasteiger charge is 2.24. The topological polar surface area (TPSA) is 47.9 Å². The molecular formula is C13H20O4. The summed E-state index contributed by atoms with van der Waals surface area (Å²) < 4.78 is 16.3. The lowest BCUT2D eigenvalue weighted by molar-refractivity contribution is -0.0253. The second-order valence-electron chi connectivity index (χ2n) is 3.89. The molecule has 0 saturated carbocycles. The van der Waals surface area contributed by atoms with Gasteiger partial charge in [0, 0.05) is 0 Å². The quantitative estimate of drug-likeness (QED) is 0.593. The van der Waals surface area contributed by atoms with Crippen LogP contribution < -0.4 is 0 Å². The Morgan fingerprint density at radius 3 is 2.76 bits per heavy atom. The number of ether oxygens (including phenoxy) is 3. The minimum absolute atomic E-state index is 0.0113. The van der Waals surface area contributed by atoms with E-state index < -0.39 is 0 Å². The van der Waals surface area contributed by atoms with Gasteiger partial charge in [-0.3, -0.25) is 0 Å². The molecule has 4 heteroatoms. The largest absolute Gasteiger partial charge is 0.504 e. The van der Waals surface area contributed by atoms with E-state index in [1.165, 1.54) is 6.08 Å². The van der Waals surface area contributed by atoms with Crippen LogP contribution in [0.4, 0.5) is 0 Å². The molecule has 0 aliphatic carbocycles. The van der Waals surface area contributed by atoms with Crippen LogP contribution in [0.3, 0.4) is 0 Å². The van der Waals surface area contributed by atoms with Crippen LogP contribution in [-0.4, -0.2) is 30.7 Å². The van der Waals surface area contributed by atoms with Gasteiger partial charge in [-0.2, -0.15) is 0 Å². The number of rotatable bonds is 5. The van der Waals surface area contributed by atoms with Gasteiger partial charge < -0.3 is 19.3 Å². The molecule has 96 valence electrons. The molecule has 0 aromatic heterocycles. The summed E-state index contributed by atoms with van der Waals surface area (Å²) in [7, 11) is 0. The van der Waals surface area contributed by atoms with Crippen molar-refractivity contribution in [2.75, 3.05) is 13.2 Å². The molecule has 0 amide bonds. The Morgan fingerprint density at radius 2 is 2.29 bits per heavy atom. The molecule has 17 heavy (non-hydrogen) atoms. The Balaban J connectivity index is 2.80. The lowest BCUT2D eigenvalue weighted by Gasteiger charge is -2.12. The number of allylic oxidation sites excluding steroid dienone is 2. The summed E-state index contributed by atoms with van der Waals surface area (Å²) in [5.41, 5.74) is 0.853. The number of hydrogen-bond donors (Lipinski definition) is 1. The van der Waals surface area contributed by atoms with Gasteiger partial charge in [0.2, 0.25) is 0 Å². The summed E-state index contributed by atoms with van der Waals surface area (Å²) in [5, 5.41) is 9.60. The lowest BCUT2D eigenvalue weighted by Crippen LogP contribution is -2.11.